The van der Waals surface area contributed by atoms with Crippen LogP contribution in [-0.2, 0) is 11.2 Å². The van der Waals surface area contributed by atoms with Crippen LogP contribution in [-0.4, -0.2) is 51.2 Å². The maximum absolute atomic E-state index is 11.9. The van der Waals surface area contributed by atoms with Crippen LogP contribution in [0.1, 0.15) is 38.7 Å². The molecule has 1 aromatic carbocycles. The molecule has 5 nitrogen and oxygen atoms in total. The van der Waals surface area contributed by atoms with Gasteiger partial charge in [0.2, 0.25) is 5.91 Å². The van der Waals surface area contributed by atoms with Gasteiger partial charge in [-0.3, -0.25) is 4.79 Å². The number of hydrogen-bond donors (Lipinski definition) is 1. The van der Waals surface area contributed by atoms with E-state index < -0.39 is 0 Å². The number of methoxy groups -OCH3 is 2. The van der Waals surface area contributed by atoms with Gasteiger partial charge in [0.1, 0.15) is 0 Å². The van der Waals surface area contributed by atoms with Gasteiger partial charge in [0.25, 0.3) is 0 Å². The number of nitrogens with one attached hydrogen (secondary N) is 1. The molecule has 0 radical (unpaired) electrons. The van der Waals surface area contributed by atoms with Crippen LogP contribution in [0.2, 0.25) is 0 Å². The molecule has 0 saturated carbocycles. The predicted octanol–water partition coefficient (Wildman–Crippen LogP) is 2.87. The van der Waals surface area contributed by atoms with E-state index in [1.807, 2.05) is 18.2 Å². The molecule has 0 aliphatic rings. The fourth-order valence-corrected chi connectivity index (χ4v) is 2.61. The third-order valence-corrected chi connectivity index (χ3v) is 4.21. The first-order valence-corrected chi connectivity index (χ1v) is 8.84. The third-order valence-electron chi connectivity index (χ3n) is 4.21. The molecule has 0 aliphatic heterocycles. The van der Waals surface area contributed by atoms with Crippen molar-refractivity contribution < 1.29 is 14.3 Å². The Bertz CT molecular complexity index is 488. The Hall–Kier alpha value is -1.75. The SMILES string of the molecule is CCN(CC)CCCCNC(=O)CCc1ccc(OC)c(OC)c1. The zero-order valence-electron chi connectivity index (χ0n) is 15.6. The summed E-state index contributed by atoms with van der Waals surface area (Å²) in [5.41, 5.74) is 1.07. The molecule has 136 valence electrons. The Labute approximate surface area is 146 Å². The molecule has 5 heteroatoms. The highest BCUT2D eigenvalue weighted by atomic mass is 16.5. The van der Waals surface area contributed by atoms with Gasteiger partial charge in [-0.05, 0) is 56.6 Å². The van der Waals surface area contributed by atoms with E-state index in [0.717, 1.165) is 44.6 Å². The summed E-state index contributed by atoms with van der Waals surface area (Å²) in [5, 5.41) is 3.00. The second kappa shape index (κ2) is 11.7. The molecular formula is C19H32N2O3. The van der Waals surface area contributed by atoms with Gasteiger partial charge in [0, 0.05) is 13.0 Å². The normalized spacial score (nSPS) is 10.7. The van der Waals surface area contributed by atoms with Gasteiger partial charge in [-0.15, -0.1) is 0 Å². The summed E-state index contributed by atoms with van der Waals surface area (Å²) in [6.07, 6.45) is 3.34. The zero-order chi connectivity index (χ0) is 17.8. The highest BCUT2D eigenvalue weighted by Crippen LogP contribution is 2.27. The van der Waals surface area contributed by atoms with Crippen LogP contribution < -0.4 is 14.8 Å². The minimum Gasteiger partial charge on any atom is -0.493 e. The molecule has 1 rings (SSSR count). The average molecular weight is 336 g/mol. The Morgan fingerprint density at radius 3 is 2.42 bits per heavy atom. The fourth-order valence-electron chi connectivity index (χ4n) is 2.61. The van der Waals surface area contributed by atoms with Crippen LogP contribution in [0, 0.1) is 0 Å². The van der Waals surface area contributed by atoms with Crippen molar-refractivity contribution in [1.82, 2.24) is 10.2 Å². The number of amides is 1. The van der Waals surface area contributed by atoms with Crippen molar-refractivity contribution in [2.45, 2.75) is 39.5 Å². The maximum Gasteiger partial charge on any atom is 0.220 e. The molecule has 0 heterocycles. The van der Waals surface area contributed by atoms with E-state index in [4.69, 9.17) is 9.47 Å². The molecule has 24 heavy (non-hydrogen) atoms. The van der Waals surface area contributed by atoms with E-state index in [-0.39, 0.29) is 5.91 Å². The van der Waals surface area contributed by atoms with E-state index >= 15 is 0 Å². The van der Waals surface area contributed by atoms with E-state index in [9.17, 15) is 4.79 Å². The molecule has 0 bridgehead atoms. The van der Waals surface area contributed by atoms with Gasteiger partial charge >= 0.3 is 0 Å². The number of unbranched alkanes of at least 4 members (excludes halogenated alkanes) is 1. The van der Waals surface area contributed by atoms with E-state index in [1.54, 1.807) is 14.2 Å². The summed E-state index contributed by atoms with van der Waals surface area (Å²) < 4.78 is 10.5. The first-order valence-electron chi connectivity index (χ1n) is 8.84. The lowest BCUT2D eigenvalue weighted by molar-refractivity contribution is -0.121. The predicted molar refractivity (Wildman–Crippen MR) is 97.9 cm³/mol. The number of benzene rings is 1. The summed E-state index contributed by atoms with van der Waals surface area (Å²) in [4.78, 5) is 14.3. The molecule has 0 fully saturated rings. The zero-order valence-corrected chi connectivity index (χ0v) is 15.6. The molecular weight excluding hydrogens is 304 g/mol. The molecule has 1 amide bonds. The quantitative estimate of drug-likeness (QED) is 0.596. The van der Waals surface area contributed by atoms with Gasteiger partial charge < -0.3 is 19.7 Å². The highest BCUT2D eigenvalue weighted by Gasteiger charge is 2.07. The van der Waals surface area contributed by atoms with E-state index in [1.165, 1.54) is 0 Å². The van der Waals surface area contributed by atoms with Gasteiger partial charge in [-0.1, -0.05) is 19.9 Å². The van der Waals surface area contributed by atoms with Gasteiger partial charge in [-0.25, -0.2) is 0 Å². The second-order valence-corrected chi connectivity index (χ2v) is 5.77. The van der Waals surface area contributed by atoms with E-state index in [0.29, 0.717) is 24.3 Å². The number of carbonyl (C=O) groups is 1. The summed E-state index contributed by atoms with van der Waals surface area (Å²) in [7, 11) is 3.23. The van der Waals surface area contributed by atoms with Crippen molar-refractivity contribution in [1.29, 1.82) is 0 Å². The smallest absolute Gasteiger partial charge is 0.220 e. The van der Waals surface area contributed by atoms with Crippen molar-refractivity contribution in [3.05, 3.63) is 23.8 Å². The summed E-state index contributed by atoms with van der Waals surface area (Å²) in [6.45, 7) is 8.40. The number of carbonyl (C=O) groups excluding carboxylic acids is 1. The molecule has 0 spiro atoms. The fraction of sp³-hybridized carbons (Fsp3) is 0.632. The molecule has 0 saturated heterocycles. The molecule has 0 aliphatic carbocycles. The maximum atomic E-state index is 11.9. The van der Waals surface area contributed by atoms with Gasteiger partial charge in [0.05, 0.1) is 14.2 Å². The first kappa shape index (κ1) is 20.3. The molecule has 1 aromatic rings. The minimum absolute atomic E-state index is 0.104. The Morgan fingerprint density at radius 2 is 1.79 bits per heavy atom. The topological polar surface area (TPSA) is 50.8 Å². The largest absolute Gasteiger partial charge is 0.493 e. The Kier molecular flexibility index (Phi) is 9.92. The van der Waals surface area contributed by atoms with Crippen molar-refractivity contribution in [2.75, 3.05) is 40.4 Å². The molecule has 0 unspecified atom stereocenters. The average Bonchev–Trinajstić information content (AvgIpc) is 2.62. The molecule has 0 aromatic heterocycles. The van der Waals surface area contributed by atoms with Crippen LogP contribution in [0.25, 0.3) is 0 Å². The van der Waals surface area contributed by atoms with Gasteiger partial charge in [0.15, 0.2) is 11.5 Å². The summed E-state index contributed by atoms with van der Waals surface area (Å²) >= 11 is 0. The highest BCUT2D eigenvalue weighted by molar-refractivity contribution is 5.76. The monoisotopic (exact) mass is 336 g/mol. The number of nitrogens with zero attached hydrogens (tertiary/aromatic N) is 1. The Morgan fingerprint density at radius 1 is 1.08 bits per heavy atom. The summed E-state index contributed by atoms with van der Waals surface area (Å²) in [6, 6.07) is 5.77. The number of aryl methyl sites for hydroxylation is 1. The van der Waals surface area contributed by atoms with Crippen LogP contribution in [0.3, 0.4) is 0 Å². The van der Waals surface area contributed by atoms with Crippen molar-refractivity contribution >= 4 is 5.91 Å². The summed E-state index contributed by atoms with van der Waals surface area (Å²) in [5.74, 6) is 1.51. The van der Waals surface area contributed by atoms with Gasteiger partial charge in [-0.2, -0.15) is 0 Å². The lowest BCUT2D eigenvalue weighted by atomic mass is 10.1. The lowest BCUT2D eigenvalue weighted by Crippen LogP contribution is -2.27. The number of hydrogen-bond acceptors (Lipinski definition) is 4. The first-order chi connectivity index (χ1) is 11.6. The van der Waals surface area contributed by atoms with Crippen LogP contribution in [0.5, 0.6) is 11.5 Å². The van der Waals surface area contributed by atoms with Crippen molar-refractivity contribution in [2.24, 2.45) is 0 Å². The van der Waals surface area contributed by atoms with Crippen molar-refractivity contribution in [3.63, 3.8) is 0 Å². The van der Waals surface area contributed by atoms with Crippen LogP contribution >= 0.6 is 0 Å². The molecule has 0 atom stereocenters. The number of rotatable bonds is 12. The lowest BCUT2D eigenvalue weighted by Gasteiger charge is -2.17. The second-order valence-electron chi connectivity index (χ2n) is 5.77. The van der Waals surface area contributed by atoms with E-state index in [2.05, 4.69) is 24.1 Å². The van der Waals surface area contributed by atoms with Crippen molar-refractivity contribution in [3.8, 4) is 11.5 Å². The molecule has 1 N–H and O–H groups in total. The minimum atomic E-state index is 0.104. The third kappa shape index (κ3) is 7.21. The Balaban J connectivity index is 2.24. The standard InChI is InChI=1S/C19H32N2O3/c1-5-21(6-2)14-8-7-13-20-19(22)12-10-16-9-11-17(23-3)18(15-16)24-4/h9,11,15H,5-8,10,12-14H2,1-4H3,(H,20,22). The number of ether oxygens (including phenoxy) is 2. The van der Waals surface area contributed by atoms with Crippen LogP contribution in [0.15, 0.2) is 18.2 Å². The van der Waals surface area contributed by atoms with Crippen LogP contribution in [0.4, 0.5) is 0 Å².